The van der Waals surface area contributed by atoms with Gasteiger partial charge in [-0.2, -0.15) is 0 Å². The van der Waals surface area contributed by atoms with Crippen LogP contribution in [0, 0.1) is 17.9 Å². The van der Waals surface area contributed by atoms with E-state index < -0.39 is 23.8 Å². The minimum atomic E-state index is -1.30. The monoisotopic (exact) mass is 436 g/mol. The fourth-order valence-electron chi connectivity index (χ4n) is 3.19. The highest BCUT2D eigenvalue weighted by Crippen LogP contribution is 2.20. The highest BCUT2D eigenvalue weighted by atomic mass is 35.5. The molecular weight excluding hydrogens is 416 g/mol. The minimum Gasteiger partial charge on any atom is -0.382 e. The third-order valence-electron chi connectivity index (χ3n) is 5.02. The fourth-order valence-corrected chi connectivity index (χ4v) is 3.35. The normalized spacial score (nSPS) is 14.9. The van der Waals surface area contributed by atoms with Gasteiger partial charge in [-0.05, 0) is 37.0 Å². The average Bonchev–Trinajstić information content (AvgIpc) is 3.48. The molecule has 0 bridgehead atoms. The number of aromatic nitrogens is 2. The molecule has 2 aromatic heterocycles. The molecule has 0 spiro atoms. The summed E-state index contributed by atoms with van der Waals surface area (Å²) in [7, 11) is 0. The second kappa shape index (κ2) is 9.21. The van der Waals surface area contributed by atoms with E-state index in [0.717, 1.165) is 23.8 Å². The molecular formula is C23H21ClN4O3. The number of amides is 2. The summed E-state index contributed by atoms with van der Waals surface area (Å²) in [4.78, 5) is 31.7. The van der Waals surface area contributed by atoms with E-state index >= 15 is 0 Å². The molecule has 2 atom stereocenters. The van der Waals surface area contributed by atoms with Gasteiger partial charge < -0.3 is 15.4 Å². The zero-order chi connectivity index (χ0) is 21.8. The number of fused-ring (bicyclic) bond motifs is 1. The number of halogens is 1. The van der Waals surface area contributed by atoms with Crippen LogP contribution in [-0.4, -0.2) is 39.0 Å². The van der Waals surface area contributed by atoms with Crippen LogP contribution in [0.1, 0.15) is 28.9 Å². The predicted molar refractivity (Wildman–Crippen MR) is 117 cm³/mol. The lowest BCUT2D eigenvalue weighted by Crippen LogP contribution is -2.40. The third kappa shape index (κ3) is 5.43. The van der Waals surface area contributed by atoms with Crippen LogP contribution in [0.15, 0.2) is 48.7 Å². The Kier molecular flexibility index (Phi) is 6.21. The molecule has 1 aliphatic carbocycles. The second-order valence-electron chi connectivity index (χ2n) is 7.52. The van der Waals surface area contributed by atoms with E-state index in [4.69, 9.17) is 11.6 Å². The number of carbonyl (C=O) groups excluding carboxylic acids is 2. The van der Waals surface area contributed by atoms with Crippen LogP contribution in [0.3, 0.4) is 0 Å². The van der Waals surface area contributed by atoms with Crippen LogP contribution in [-0.2, 0) is 11.2 Å². The molecule has 2 heterocycles. The Morgan fingerprint density at radius 3 is 2.77 bits per heavy atom. The van der Waals surface area contributed by atoms with Crippen molar-refractivity contribution < 1.29 is 14.7 Å². The highest BCUT2D eigenvalue weighted by molar-refractivity contribution is 6.30. The van der Waals surface area contributed by atoms with Crippen LogP contribution in [0.5, 0.6) is 0 Å². The number of nitrogens with zero attached hydrogens (tertiary/aromatic N) is 1. The Labute approximate surface area is 184 Å². The van der Waals surface area contributed by atoms with Crippen molar-refractivity contribution in [2.45, 2.75) is 31.4 Å². The van der Waals surface area contributed by atoms with Crippen LogP contribution in [0.4, 0.5) is 0 Å². The summed E-state index contributed by atoms with van der Waals surface area (Å²) in [6.45, 7) is 0. The number of benzene rings is 1. The molecule has 4 N–H and O–H groups in total. The molecule has 0 aliphatic heterocycles. The number of aliphatic hydroxyl groups excluding tert-OH is 1. The largest absolute Gasteiger partial charge is 0.382 e. The fraction of sp³-hybridized carbons (Fsp3) is 0.261. The average molecular weight is 437 g/mol. The third-order valence-corrected chi connectivity index (χ3v) is 5.23. The summed E-state index contributed by atoms with van der Waals surface area (Å²) in [5.41, 5.74) is 1.92. The number of aromatic amines is 1. The van der Waals surface area contributed by atoms with E-state index in [-0.39, 0.29) is 6.04 Å². The molecule has 7 nitrogen and oxygen atoms in total. The van der Waals surface area contributed by atoms with Gasteiger partial charge in [-0.15, -0.1) is 0 Å². The molecule has 1 unspecified atom stereocenters. The zero-order valence-corrected chi connectivity index (χ0v) is 17.3. The zero-order valence-electron chi connectivity index (χ0n) is 16.6. The van der Waals surface area contributed by atoms with Gasteiger partial charge in [-0.25, -0.2) is 4.98 Å². The molecule has 8 heteroatoms. The topological polar surface area (TPSA) is 107 Å². The summed E-state index contributed by atoms with van der Waals surface area (Å²) >= 11 is 5.88. The van der Waals surface area contributed by atoms with Crippen LogP contribution < -0.4 is 10.6 Å². The lowest BCUT2D eigenvalue weighted by molar-refractivity contribution is -0.131. The Hall–Kier alpha value is -3.34. The Bertz CT molecular complexity index is 1160. The van der Waals surface area contributed by atoms with Gasteiger partial charge in [0, 0.05) is 17.5 Å². The summed E-state index contributed by atoms with van der Waals surface area (Å²) in [5.74, 6) is 1.30. The first-order valence-corrected chi connectivity index (χ1v) is 10.3. The number of nitrogens with one attached hydrogen (secondary N) is 3. The van der Waals surface area contributed by atoms with Gasteiger partial charge in [-0.3, -0.25) is 14.9 Å². The summed E-state index contributed by atoms with van der Waals surface area (Å²) in [6, 6.07) is 15.5. The molecule has 1 aromatic carbocycles. The summed E-state index contributed by atoms with van der Waals surface area (Å²) < 4.78 is 0. The molecule has 31 heavy (non-hydrogen) atoms. The van der Waals surface area contributed by atoms with Gasteiger partial charge in [0.15, 0.2) is 0 Å². The summed E-state index contributed by atoms with van der Waals surface area (Å²) in [6.07, 6.45) is 2.47. The Morgan fingerprint density at radius 2 is 2.03 bits per heavy atom. The van der Waals surface area contributed by atoms with Crippen LogP contribution in [0.2, 0.25) is 5.15 Å². The summed E-state index contributed by atoms with van der Waals surface area (Å²) in [5, 5.41) is 17.0. The molecule has 0 saturated heterocycles. The van der Waals surface area contributed by atoms with E-state index in [1.807, 2.05) is 30.3 Å². The first kappa shape index (κ1) is 20.9. The van der Waals surface area contributed by atoms with Crippen molar-refractivity contribution in [3.05, 3.63) is 65.1 Å². The van der Waals surface area contributed by atoms with Crippen molar-refractivity contribution >= 4 is 34.3 Å². The van der Waals surface area contributed by atoms with Gasteiger partial charge in [-0.1, -0.05) is 47.9 Å². The predicted octanol–water partition coefficient (Wildman–Crippen LogP) is 2.41. The van der Waals surface area contributed by atoms with Gasteiger partial charge in [0.05, 0.1) is 17.6 Å². The Morgan fingerprint density at radius 1 is 1.26 bits per heavy atom. The molecule has 158 valence electrons. The van der Waals surface area contributed by atoms with Gasteiger partial charge in [0.25, 0.3) is 5.91 Å². The maximum Gasteiger partial charge on any atom is 0.279 e. The van der Waals surface area contributed by atoms with Crippen molar-refractivity contribution in [1.82, 2.24) is 20.6 Å². The number of rotatable bonds is 6. The first-order valence-electron chi connectivity index (χ1n) is 9.97. The maximum absolute atomic E-state index is 12.5. The Balaban J connectivity index is 1.47. The molecule has 1 aliphatic rings. The molecule has 1 fully saturated rings. The standard InChI is InChI=1S/C23H21ClN4O3/c24-20-12-16-11-18(28-19(16)13-26-20)22(30)25-9-8-15(10-14-4-2-1-3-5-14)21(29)23(31)27-17-6-7-17/h1-5,11-13,15,17,21,28-29H,6-7,10H2,(H,25,30)(H,27,31)/t15?,21-/m1/s1. The smallest absolute Gasteiger partial charge is 0.279 e. The number of H-pyrrole nitrogens is 1. The number of pyridine rings is 1. The molecule has 4 rings (SSSR count). The van der Waals surface area contributed by atoms with Crippen LogP contribution >= 0.6 is 11.6 Å². The first-order chi connectivity index (χ1) is 15.0. The van der Waals surface area contributed by atoms with Crippen molar-refractivity contribution in [2.75, 3.05) is 0 Å². The van der Waals surface area contributed by atoms with E-state index in [0.29, 0.717) is 22.8 Å². The quantitative estimate of drug-likeness (QED) is 0.270. The number of hydrogen-bond donors (Lipinski definition) is 4. The number of carbonyl (C=O) groups is 2. The van der Waals surface area contributed by atoms with Crippen LogP contribution in [0.25, 0.3) is 10.9 Å². The van der Waals surface area contributed by atoms with Gasteiger partial charge >= 0.3 is 0 Å². The minimum absolute atomic E-state index is 0.136. The molecule has 3 aromatic rings. The van der Waals surface area contributed by atoms with Gasteiger partial charge in [0.2, 0.25) is 5.91 Å². The molecule has 1 saturated carbocycles. The van der Waals surface area contributed by atoms with E-state index in [1.165, 1.54) is 0 Å². The van der Waals surface area contributed by atoms with E-state index in [1.54, 1.807) is 18.3 Å². The lowest BCUT2D eigenvalue weighted by Gasteiger charge is -2.17. The number of hydrogen-bond acceptors (Lipinski definition) is 4. The van der Waals surface area contributed by atoms with E-state index in [2.05, 4.69) is 32.6 Å². The second-order valence-corrected chi connectivity index (χ2v) is 7.91. The lowest BCUT2D eigenvalue weighted by atomic mass is 9.94. The molecule has 2 amide bonds. The van der Waals surface area contributed by atoms with Crippen molar-refractivity contribution in [1.29, 1.82) is 0 Å². The van der Waals surface area contributed by atoms with Crippen molar-refractivity contribution in [3.63, 3.8) is 0 Å². The molecule has 0 radical (unpaired) electrons. The van der Waals surface area contributed by atoms with Gasteiger partial charge in [0.1, 0.15) is 17.0 Å². The maximum atomic E-state index is 12.5. The van der Waals surface area contributed by atoms with E-state index in [9.17, 15) is 14.7 Å². The highest BCUT2D eigenvalue weighted by Gasteiger charge is 2.30. The van der Waals surface area contributed by atoms with Crippen molar-refractivity contribution in [2.24, 2.45) is 5.92 Å². The number of aliphatic hydroxyl groups is 1. The SMILES string of the molecule is O=C(NC#CC(Cc1ccccc1)[C@@H](O)C(=O)NC1CC1)c1cc2cc(Cl)ncc2[nH]1. The van der Waals surface area contributed by atoms with Crippen molar-refractivity contribution in [3.8, 4) is 12.0 Å².